The maximum atomic E-state index is 13.7. The number of hydrogen-bond donors (Lipinski definition) is 1. The molecule has 0 radical (unpaired) electrons. The molecule has 3 aromatic rings. The zero-order valence-electron chi connectivity index (χ0n) is 21.1. The summed E-state index contributed by atoms with van der Waals surface area (Å²) < 4.78 is 0. The van der Waals surface area contributed by atoms with Crippen LogP contribution in [0, 0.1) is 6.92 Å². The van der Waals surface area contributed by atoms with Gasteiger partial charge in [0.2, 0.25) is 11.8 Å². The van der Waals surface area contributed by atoms with Gasteiger partial charge < -0.3 is 10.2 Å². The molecule has 0 bridgehead atoms. The number of nitrogens with one attached hydrogen (secondary N) is 1. The second-order valence-electron chi connectivity index (χ2n) is 10.0. The van der Waals surface area contributed by atoms with Crippen molar-refractivity contribution in [2.75, 3.05) is 0 Å². The van der Waals surface area contributed by atoms with Gasteiger partial charge in [-0.05, 0) is 56.9 Å². The lowest BCUT2D eigenvalue weighted by Crippen LogP contribution is -2.54. The Morgan fingerprint density at radius 1 is 0.886 bits per heavy atom. The van der Waals surface area contributed by atoms with E-state index in [1.165, 1.54) is 5.56 Å². The van der Waals surface area contributed by atoms with Gasteiger partial charge in [-0.3, -0.25) is 9.59 Å². The van der Waals surface area contributed by atoms with Gasteiger partial charge in [0.25, 0.3) is 0 Å². The minimum Gasteiger partial charge on any atom is -0.350 e. The van der Waals surface area contributed by atoms with Crippen LogP contribution in [0.2, 0.25) is 5.02 Å². The summed E-state index contributed by atoms with van der Waals surface area (Å²) in [5, 5.41) is 3.67. The summed E-state index contributed by atoms with van der Waals surface area (Å²) in [5.41, 5.74) is 3.67. The Bertz CT molecular complexity index is 1120. The van der Waals surface area contributed by atoms with Crippen LogP contribution < -0.4 is 5.32 Å². The van der Waals surface area contributed by atoms with Gasteiger partial charge in [0.15, 0.2) is 0 Å². The SMILES string of the molecule is Cc1ccc(CCC(=O)N(Cc2ccccc2Cl)[C@@H](Cc2ccccc2)C(=O)NC(C)(C)C)cc1. The third-order valence-corrected chi connectivity index (χ3v) is 6.18. The Labute approximate surface area is 214 Å². The van der Waals surface area contributed by atoms with E-state index >= 15 is 0 Å². The predicted octanol–water partition coefficient (Wildman–Crippen LogP) is 6.14. The van der Waals surface area contributed by atoms with Gasteiger partial charge in [0.05, 0.1) is 0 Å². The quantitative estimate of drug-likeness (QED) is 0.392. The fourth-order valence-corrected chi connectivity index (χ4v) is 4.16. The molecule has 3 aromatic carbocycles. The van der Waals surface area contributed by atoms with Crippen LogP contribution in [0.15, 0.2) is 78.9 Å². The lowest BCUT2D eigenvalue weighted by Gasteiger charge is -2.34. The van der Waals surface area contributed by atoms with Crippen molar-refractivity contribution in [3.05, 3.63) is 106 Å². The van der Waals surface area contributed by atoms with Crippen LogP contribution in [0.3, 0.4) is 0 Å². The van der Waals surface area contributed by atoms with Crippen LogP contribution in [-0.4, -0.2) is 28.3 Å². The molecule has 184 valence electrons. The molecule has 0 aliphatic heterocycles. The van der Waals surface area contributed by atoms with E-state index in [0.29, 0.717) is 24.3 Å². The van der Waals surface area contributed by atoms with Gasteiger partial charge in [-0.25, -0.2) is 0 Å². The van der Waals surface area contributed by atoms with Crippen LogP contribution in [0.25, 0.3) is 0 Å². The molecule has 0 aliphatic rings. The molecule has 0 unspecified atom stereocenters. The van der Waals surface area contributed by atoms with Crippen molar-refractivity contribution < 1.29 is 9.59 Å². The first-order chi connectivity index (χ1) is 16.6. The second-order valence-corrected chi connectivity index (χ2v) is 10.5. The number of carbonyl (C=O) groups is 2. The molecule has 5 heteroatoms. The molecule has 0 heterocycles. The van der Waals surface area contributed by atoms with Crippen molar-refractivity contribution in [3.8, 4) is 0 Å². The Kier molecular flexibility index (Phi) is 9.11. The zero-order valence-corrected chi connectivity index (χ0v) is 21.8. The lowest BCUT2D eigenvalue weighted by molar-refractivity contribution is -0.141. The van der Waals surface area contributed by atoms with Crippen molar-refractivity contribution in [1.29, 1.82) is 0 Å². The molecule has 1 atom stereocenters. The van der Waals surface area contributed by atoms with E-state index in [4.69, 9.17) is 11.6 Å². The minimum atomic E-state index is -0.668. The van der Waals surface area contributed by atoms with Crippen LogP contribution in [-0.2, 0) is 29.0 Å². The highest BCUT2D eigenvalue weighted by Crippen LogP contribution is 2.22. The Hall–Kier alpha value is -3.11. The molecule has 1 N–H and O–H groups in total. The Morgan fingerprint density at radius 3 is 2.14 bits per heavy atom. The third kappa shape index (κ3) is 8.25. The molecular weight excluding hydrogens is 456 g/mol. The molecule has 0 spiro atoms. The number of carbonyl (C=O) groups excluding carboxylic acids is 2. The topological polar surface area (TPSA) is 49.4 Å². The summed E-state index contributed by atoms with van der Waals surface area (Å²) in [5.74, 6) is -0.243. The molecule has 3 rings (SSSR count). The highest BCUT2D eigenvalue weighted by atomic mass is 35.5. The molecule has 0 aromatic heterocycles. The molecule has 0 saturated heterocycles. The smallest absolute Gasteiger partial charge is 0.243 e. The number of aryl methyl sites for hydroxylation is 2. The van der Waals surface area contributed by atoms with E-state index < -0.39 is 11.6 Å². The molecule has 0 aliphatic carbocycles. The largest absolute Gasteiger partial charge is 0.350 e. The number of nitrogens with zero attached hydrogens (tertiary/aromatic N) is 1. The van der Waals surface area contributed by atoms with E-state index in [1.807, 2.05) is 82.3 Å². The summed E-state index contributed by atoms with van der Waals surface area (Å²) in [6.45, 7) is 8.15. The summed E-state index contributed by atoms with van der Waals surface area (Å²) >= 11 is 6.47. The van der Waals surface area contributed by atoms with Gasteiger partial charge in [0, 0.05) is 29.9 Å². The monoisotopic (exact) mass is 490 g/mol. The first-order valence-corrected chi connectivity index (χ1v) is 12.4. The molecular formula is C30H35ClN2O2. The summed E-state index contributed by atoms with van der Waals surface area (Å²) in [6.07, 6.45) is 1.34. The molecule has 35 heavy (non-hydrogen) atoms. The van der Waals surface area contributed by atoms with Crippen LogP contribution in [0.5, 0.6) is 0 Å². The average molecular weight is 491 g/mol. The second kappa shape index (κ2) is 12.0. The number of amides is 2. The van der Waals surface area contributed by atoms with E-state index in [2.05, 4.69) is 29.6 Å². The minimum absolute atomic E-state index is 0.0736. The van der Waals surface area contributed by atoms with E-state index in [1.54, 1.807) is 4.90 Å². The molecule has 4 nitrogen and oxygen atoms in total. The highest BCUT2D eigenvalue weighted by Gasteiger charge is 2.32. The van der Waals surface area contributed by atoms with Gasteiger partial charge in [-0.2, -0.15) is 0 Å². The number of hydrogen-bond acceptors (Lipinski definition) is 2. The van der Waals surface area contributed by atoms with E-state index in [0.717, 1.165) is 16.7 Å². The Morgan fingerprint density at radius 2 is 1.51 bits per heavy atom. The standard InChI is InChI=1S/C30H35ClN2O2/c1-22-14-16-23(17-15-22)18-19-28(34)33(21-25-12-8-9-13-26(25)31)27(29(35)32-30(2,3)4)20-24-10-6-5-7-11-24/h5-17,27H,18-21H2,1-4H3,(H,32,35)/t27-/m0/s1. The summed E-state index contributed by atoms with van der Waals surface area (Å²) in [6, 6.07) is 24.8. The molecule has 0 saturated carbocycles. The first kappa shape index (κ1) is 26.5. The first-order valence-electron chi connectivity index (χ1n) is 12.1. The number of benzene rings is 3. The van der Waals surface area contributed by atoms with Gasteiger partial charge in [0.1, 0.15) is 6.04 Å². The fourth-order valence-electron chi connectivity index (χ4n) is 3.97. The van der Waals surface area contributed by atoms with E-state index in [9.17, 15) is 9.59 Å². The Balaban J connectivity index is 1.93. The summed E-state index contributed by atoms with van der Waals surface area (Å²) in [4.78, 5) is 29.0. The maximum Gasteiger partial charge on any atom is 0.243 e. The van der Waals surface area contributed by atoms with Gasteiger partial charge >= 0.3 is 0 Å². The van der Waals surface area contributed by atoms with Crippen molar-refractivity contribution in [2.45, 2.75) is 65.1 Å². The normalized spacial score (nSPS) is 12.1. The van der Waals surface area contributed by atoms with Crippen molar-refractivity contribution >= 4 is 23.4 Å². The highest BCUT2D eigenvalue weighted by molar-refractivity contribution is 6.31. The molecule has 2 amide bonds. The predicted molar refractivity (Wildman–Crippen MR) is 143 cm³/mol. The van der Waals surface area contributed by atoms with Crippen molar-refractivity contribution in [3.63, 3.8) is 0 Å². The summed E-state index contributed by atoms with van der Waals surface area (Å²) in [7, 11) is 0. The number of halogens is 1. The van der Waals surface area contributed by atoms with E-state index in [-0.39, 0.29) is 18.4 Å². The lowest BCUT2D eigenvalue weighted by atomic mass is 9.99. The fraction of sp³-hybridized carbons (Fsp3) is 0.333. The molecule has 0 fully saturated rings. The van der Waals surface area contributed by atoms with Gasteiger partial charge in [-0.1, -0.05) is 90.0 Å². The van der Waals surface area contributed by atoms with Crippen LogP contribution in [0.1, 0.15) is 49.4 Å². The maximum absolute atomic E-state index is 13.7. The zero-order chi connectivity index (χ0) is 25.4. The van der Waals surface area contributed by atoms with Gasteiger partial charge in [-0.15, -0.1) is 0 Å². The third-order valence-electron chi connectivity index (χ3n) is 5.82. The average Bonchev–Trinajstić information content (AvgIpc) is 2.81. The van der Waals surface area contributed by atoms with Crippen molar-refractivity contribution in [1.82, 2.24) is 10.2 Å². The van der Waals surface area contributed by atoms with Crippen molar-refractivity contribution in [2.24, 2.45) is 0 Å². The number of rotatable bonds is 9. The van der Waals surface area contributed by atoms with Crippen LogP contribution in [0.4, 0.5) is 0 Å². The van der Waals surface area contributed by atoms with Crippen LogP contribution >= 0.6 is 11.6 Å².